The molecule has 1 aromatic carbocycles. The summed E-state index contributed by atoms with van der Waals surface area (Å²) >= 11 is 0. The molecule has 1 unspecified atom stereocenters. The lowest BCUT2D eigenvalue weighted by atomic mass is 9.96. The molecule has 2 N–H and O–H groups in total. The number of ketones is 1. The van der Waals surface area contributed by atoms with Gasteiger partial charge in [0.1, 0.15) is 0 Å². The molecule has 0 bridgehead atoms. The normalized spacial score (nSPS) is 12.9. The lowest BCUT2D eigenvalue weighted by molar-refractivity contribution is -0.123. The van der Waals surface area contributed by atoms with Crippen molar-refractivity contribution in [3.8, 4) is 0 Å². The molecule has 0 fully saturated rings. The lowest BCUT2D eigenvalue weighted by Crippen LogP contribution is -2.25. The number of rotatable bonds is 3. The summed E-state index contributed by atoms with van der Waals surface area (Å²) in [6.45, 7) is 5.76. The summed E-state index contributed by atoms with van der Waals surface area (Å²) in [5.41, 5.74) is 7.92. The molecular formula is C12H17NO. The van der Waals surface area contributed by atoms with Crippen molar-refractivity contribution in [2.75, 3.05) is 0 Å². The van der Waals surface area contributed by atoms with E-state index in [0.29, 0.717) is 0 Å². The Balaban J connectivity index is 2.84. The van der Waals surface area contributed by atoms with Crippen LogP contribution in [-0.2, 0) is 4.79 Å². The van der Waals surface area contributed by atoms with Crippen LogP contribution in [0.5, 0.6) is 0 Å². The van der Waals surface area contributed by atoms with Gasteiger partial charge in [-0.25, -0.2) is 0 Å². The van der Waals surface area contributed by atoms with Gasteiger partial charge in [0.05, 0.1) is 6.04 Å². The van der Waals surface area contributed by atoms with Gasteiger partial charge in [-0.3, -0.25) is 4.79 Å². The average molecular weight is 191 g/mol. The standard InChI is InChI=1S/C12H17NO/c1-8(2)12(14)11(13)10-6-4-9(3)5-7-10/h4-8,11H,13H2,1-3H3. The summed E-state index contributed by atoms with van der Waals surface area (Å²) < 4.78 is 0. The van der Waals surface area contributed by atoms with E-state index in [4.69, 9.17) is 5.73 Å². The minimum absolute atomic E-state index is 0.00805. The van der Waals surface area contributed by atoms with Crippen LogP contribution in [0.4, 0.5) is 0 Å². The van der Waals surface area contributed by atoms with E-state index in [1.54, 1.807) is 0 Å². The Hall–Kier alpha value is -1.15. The van der Waals surface area contributed by atoms with Crippen LogP contribution >= 0.6 is 0 Å². The highest BCUT2D eigenvalue weighted by Crippen LogP contribution is 2.15. The summed E-state index contributed by atoms with van der Waals surface area (Å²) in [4.78, 5) is 11.6. The molecule has 0 aromatic heterocycles. The molecule has 76 valence electrons. The van der Waals surface area contributed by atoms with E-state index in [9.17, 15) is 4.79 Å². The van der Waals surface area contributed by atoms with Crippen LogP contribution in [0.1, 0.15) is 31.0 Å². The van der Waals surface area contributed by atoms with Crippen molar-refractivity contribution < 1.29 is 4.79 Å². The molecule has 0 amide bonds. The van der Waals surface area contributed by atoms with Crippen molar-refractivity contribution in [2.45, 2.75) is 26.8 Å². The minimum Gasteiger partial charge on any atom is -0.318 e. The molecule has 0 aliphatic heterocycles. The van der Waals surface area contributed by atoms with Crippen molar-refractivity contribution in [1.82, 2.24) is 0 Å². The SMILES string of the molecule is Cc1ccc(C(N)C(=O)C(C)C)cc1. The first-order valence-electron chi connectivity index (χ1n) is 4.88. The Kier molecular flexibility index (Phi) is 3.42. The van der Waals surface area contributed by atoms with Crippen LogP contribution in [-0.4, -0.2) is 5.78 Å². The molecule has 2 nitrogen and oxygen atoms in total. The number of aryl methyl sites for hydroxylation is 1. The molecule has 0 aliphatic rings. The van der Waals surface area contributed by atoms with Gasteiger partial charge >= 0.3 is 0 Å². The average Bonchev–Trinajstić information content (AvgIpc) is 2.16. The summed E-state index contributed by atoms with van der Waals surface area (Å²) in [6, 6.07) is 7.31. The molecule has 1 rings (SSSR count). The monoisotopic (exact) mass is 191 g/mol. The first kappa shape index (κ1) is 10.9. The van der Waals surface area contributed by atoms with Gasteiger partial charge in [0.15, 0.2) is 5.78 Å². The third kappa shape index (κ3) is 2.42. The van der Waals surface area contributed by atoms with E-state index in [-0.39, 0.29) is 11.7 Å². The van der Waals surface area contributed by atoms with Crippen molar-refractivity contribution in [1.29, 1.82) is 0 Å². The van der Waals surface area contributed by atoms with Crippen LogP contribution < -0.4 is 5.73 Å². The fourth-order valence-electron chi connectivity index (χ4n) is 1.30. The van der Waals surface area contributed by atoms with Gasteiger partial charge in [-0.1, -0.05) is 43.7 Å². The molecule has 0 radical (unpaired) electrons. The zero-order valence-electron chi connectivity index (χ0n) is 8.95. The van der Waals surface area contributed by atoms with E-state index < -0.39 is 6.04 Å². The maximum Gasteiger partial charge on any atom is 0.156 e. The maximum absolute atomic E-state index is 11.6. The smallest absolute Gasteiger partial charge is 0.156 e. The number of hydrogen-bond donors (Lipinski definition) is 1. The van der Waals surface area contributed by atoms with Crippen LogP contribution in [0.25, 0.3) is 0 Å². The number of carbonyl (C=O) groups is 1. The Labute approximate surface area is 85.1 Å². The Bertz CT molecular complexity index is 314. The maximum atomic E-state index is 11.6. The zero-order valence-corrected chi connectivity index (χ0v) is 8.95. The van der Waals surface area contributed by atoms with E-state index in [1.165, 1.54) is 5.56 Å². The van der Waals surface area contributed by atoms with Gasteiger partial charge in [0.2, 0.25) is 0 Å². The number of hydrogen-bond acceptors (Lipinski definition) is 2. The highest BCUT2D eigenvalue weighted by atomic mass is 16.1. The fourth-order valence-corrected chi connectivity index (χ4v) is 1.30. The molecule has 1 aromatic rings. The Morgan fingerprint density at radius 2 is 1.71 bits per heavy atom. The minimum atomic E-state index is -0.476. The van der Waals surface area contributed by atoms with E-state index in [0.717, 1.165) is 5.56 Å². The number of Topliss-reactive ketones (excluding diaryl/α,β-unsaturated/α-hetero) is 1. The second kappa shape index (κ2) is 4.38. The Morgan fingerprint density at radius 1 is 1.21 bits per heavy atom. The predicted octanol–water partition coefficient (Wildman–Crippen LogP) is 2.22. The largest absolute Gasteiger partial charge is 0.318 e. The molecule has 2 heteroatoms. The third-order valence-electron chi connectivity index (χ3n) is 2.31. The zero-order chi connectivity index (χ0) is 10.7. The number of carbonyl (C=O) groups excluding carboxylic acids is 1. The van der Waals surface area contributed by atoms with Gasteiger partial charge in [-0.2, -0.15) is 0 Å². The van der Waals surface area contributed by atoms with Gasteiger partial charge in [0, 0.05) is 5.92 Å². The number of benzene rings is 1. The van der Waals surface area contributed by atoms with Crippen molar-refractivity contribution >= 4 is 5.78 Å². The second-order valence-electron chi connectivity index (χ2n) is 3.95. The van der Waals surface area contributed by atoms with Gasteiger partial charge in [-0.15, -0.1) is 0 Å². The first-order chi connectivity index (χ1) is 6.52. The first-order valence-corrected chi connectivity index (χ1v) is 4.88. The second-order valence-corrected chi connectivity index (χ2v) is 3.95. The van der Waals surface area contributed by atoms with E-state index in [1.807, 2.05) is 45.0 Å². The number of nitrogens with two attached hydrogens (primary N) is 1. The van der Waals surface area contributed by atoms with E-state index in [2.05, 4.69) is 0 Å². The summed E-state index contributed by atoms with van der Waals surface area (Å²) in [6.07, 6.45) is 0. The third-order valence-corrected chi connectivity index (χ3v) is 2.31. The van der Waals surface area contributed by atoms with Crippen LogP contribution in [0.15, 0.2) is 24.3 Å². The molecule has 14 heavy (non-hydrogen) atoms. The highest BCUT2D eigenvalue weighted by Gasteiger charge is 2.18. The van der Waals surface area contributed by atoms with Gasteiger partial charge in [0.25, 0.3) is 0 Å². The van der Waals surface area contributed by atoms with Crippen LogP contribution in [0.2, 0.25) is 0 Å². The fraction of sp³-hybridized carbons (Fsp3) is 0.417. The van der Waals surface area contributed by atoms with E-state index >= 15 is 0 Å². The summed E-state index contributed by atoms with van der Waals surface area (Å²) in [5.74, 6) is 0.0835. The topological polar surface area (TPSA) is 43.1 Å². The quantitative estimate of drug-likeness (QED) is 0.796. The summed E-state index contributed by atoms with van der Waals surface area (Å²) in [7, 11) is 0. The summed E-state index contributed by atoms with van der Waals surface area (Å²) in [5, 5.41) is 0. The predicted molar refractivity (Wildman–Crippen MR) is 58.0 cm³/mol. The molecule has 0 aliphatic carbocycles. The van der Waals surface area contributed by atoms with Gasteiger partial charge < -0.3 is 5.73 Å². The lowest BCUT2D eigenvalue weighted by Gasteiger charge is -2.13. The molecule has 1 atom stereocenters. The van der Waals surface area contributed by atoms with Crippen LogP contribution in [0, 0.1) is 12.8 Å². The molecule has 0 heterocycles. The molecule has 0 saturated carbocycles. The van der Waals surface area contributed by atoms with Crippen molar-refractivity contribution in [2.24, 2.45) is 11.7 Å². The van der Waals surface area contributed by atoms with Crippen molar-refractivity contribution in [3.63, 3.8) is 0 Å². The Morgan fingerprint density at radius 3 is 2.14 bits per heavy atom. The van der Waals surface area contributed by atoms with Gasteiger partial charge in [-0.05, 0) is 12.5 Å². The van der Waals surface area contributed by atoms with Crippen LogP contribution in [0.3, 0.4) is 0 Å². The molecule has 0 saturated heterocycles. The van der Waals surface area contributed by atoms with Crippen molar-refractivity contribution in [3.05, 3.63) is 35.4 Å². The molecular weight excluding hydrogens is 174 g/mol. The highest BCUT2D eigenvalue weighted by molar-refractivity contribution is 5.86. The molecule has 0 spiro atoms.